The second-order valence-electron chi connectivity index (χ2n) is 11.6. The molecular formula is C35H30O10. The zero-order valence-corrected chi connectivity index (χ0v) is 24.0. The van der Waals surface area contributed by atoms with Crippen molar-refractivity contribution < 1.29 is 50.1 Å². The third-order valence-corrected chi connectivity index (χ3v) is 8.58. The molecule has 1 aliphatic heterocycles. The first-order valence-corrected chi connectivity index (χ1v) is 14.2. The van der Waals surface area contributed by atoms with Gasteiger partial charge < -0.3 is 40.5 Å². The van der Waals surface area contributed by atoms with Gasteiger partial charge in [-0.3, -0.25) is 9.59 Å². The van der Waals surface area contributed by atoms with Crippen LogP contribution in [0.3, 0.4) is 0 Å². The Morgan fingerprint density at radius 3 is 2.02 bits per heavy atom. The van der Waals surface area contributed by atoms with E-state index in [0.29, 0.717) is 12.0 Å². The number of Topliss-reactive ketones (excluding diaryl/α,β-unsaturated/α-hetero) is 2. The first-order valence-electron chi connectivity index (χ1n) is 14.2. The zero-order chi connectivity index (χ0) is 32.2. The predicted molar refractivity (Wildman–Crippen MR) is 161 cm³/mol. The highest BCUT2D eigenvalue weighted by Crippen LogP contribution is 2.52. The maximum Gasteiger partial charge on any atom is 0.171 e. The summed E-state index contributed by atoms with van der Waals surface area (Å²) < 4.78 is 6.02. The molecule has 10 nitrogen and oxygen atoms in total. The molecule has 0 bridgehead atoms. The van der Waals surface area contributed by atoms with Gasteiger partial charge in [-0.2, -0.15) is 0 Å². The van der Waals surface area contributed by atoms with Crippen molar-refractivity contribution in [1.29, 1.82) is 0 Å². The lowest BCUT2D eigenvalue weighted by Gasteiger charge is -2.37. The van der Waals surface area contributed by atoms with Gasteiger partial charge in [-0.1, -0.05) is 17.7 Å². The number of phenolic OH excluding ortho intramolecular Hbond substituents is 7. The Kier molecular flexibility index (Phi) is 7.28. The fraction of sp³-hybridized carbons (Fsp3) is 0.200. The Balaban J connectivity index is 1.50. The summed E-state index contributed by atoms with van der Waals surface area (Å²) in [6.45, 7) is 1.83. The maximum atomic E-state index is 14.3. The molecule has 0 spiro atoms. The third kappa shape index (κ3) is 5.35. The van der Waals surface area contributed by atoms with Gasteiger partial charge in [-0.15, -0.1) is 0 Å². The van der Waals surface area contributed by atoms with E-state index in [4.69, 9.17) is 4.74 Å². The summed E-state index contributed by atoms with van der Waals surface area (Å²) in [7, 11) is 0. The summed E-state index contributed by atoms with van der Waals surface area (Å²) >= 11 is 0. The van der Waals surface area contributed by atoms with E-state index >= 15 is 0 Å². The molecule has 4 atom stereocenters. The summed E-state index contributed by atoms with van der Waals surface area (Å²) in [6, 6.07) is 14.4. The Bertz CT molecular complexity index is 1890. The van der Waals surface area contributed by atoms with Crippen LogP contribution in [-0.4, -0.2) is 47.3 Å². The molecule has 1 heterocycles. The van der Waals surface area contributed by atoms with Crippen molar-refractivity contribution in [2.24, 2.45) is 5.92 Å². The lowest BCUT2D eigenvalue weighted by atomic mass is 9.65. The molecule has 2 aliphatic rings. The predicted octanol–water partition coefficient (Wildman–Crippen LogP) is 6.05. The molecule has 0 radical (unpaired) electrons. The highest BCUT2D eigenvalue weighted by molar-refractivity contribution is 6.02. The van der Waals surface area contributed by atoms with Crippen LogP contribution in [0.15, 0.2) is 78.4 Å². The molecule has 4 unspecified atom stereocenters. The highest BCUT2D eigenvalue weighted by Gasteiger charge is 2.43. The van der Waals surface area contributed by atoms with Crippen LogP contribution in [-0.2, 0) is 0 Å². The van der Waals surface area contributed by atoms with E-state index in [1.54, 1.807) is 6.08 Å². The average Bonchev–Trinajstić information content (AvgIpc) is 2.96. The van der Waals surface area contributed by atoms with Crippen molar-refractivity contribution in [3.05, 3.63) is 106 Å². The molecule has 10 heteroatoms. The lowest BCUT2D eigenvalue weighted by molar-refractivity contribution is 0.0846. The minimum absolute atomic E-state index is 0.0878. The first kappa shape index (κ1) is 29.4. The molecular weight excluding hydrogens is 580 g/mol. The van der Waals surface area contributed by atoms with Gasteiger partial charge >= 0.3 is 0 Å². The van der Waals surface area contributed by atoms with E-state index in [1.165, 1.54) is 54.6 Å². The summed E-state index contributed by atoms with van der Waals surface area (Å²) in [5.41, 5.74) is 1.76. The van der Waals surface area contributed by atoms with Crippen LogP contribution in [0, 0.1) is 5.92 Å². The van der Waals surface area contributed by atoms with Crippen LogP contribution < -0.4 is 4.74 Å². The van der Waals surface area contributed by atoms with Crippen LogP contribution in [0.5, 0.6) is 46.0 Å². The number of hydrogen-bond acceptors (Lipinski definition) is 10. The largest absolute Gasteiger partial charge is 0.508 e. The number of fused-ring (bicyclic) bond motifs is 1. The number of ether oxygens (including phenoxy) is 1. The van der Waals surface area contributed by atoms with Crippen molar-refractivity contribution >= 4 is 11.6 Å². The number of allylic oxidation sites excluding steroid dienone is 2. The van der Waals surface area contributed by atoms with E-state index in [9.17, 15) is 45.3 Å². The van der Waals surface area contributed by atoms with Gasteiger partial charge in [-0.25, -0.2) is 0 Å². The van der Waals surface area contributed by atoms with Gasteiger partial charge in [0.15, 0.2) is 11.6 Å². The number of rotatable bonds is 5. The fourth-order valence-electron chi connectivity index (χ4n) is 6.51. The molecule has 4 aromatic rings. The molecule has 0 saturated heterocycles. The molecule has 0 fully saturated rings. The zero-order valence-electron chi connectivity index (χ0n) is 24.0. The first-order chi connectivity index (χ1) is 21.4. The van der Waals surface area contributed by atoms with Gasteiger partial charge in [0.05, 0.1) is 17.5 Å². The SMILES string of the molecule is CC1=CC(c2cc(C3CC(=O)c4ccc(O)cc4O3)c(O)cc2O)C(C(=O)c2ccc(O)cc2O)C(c2ccc(O)cc2O)C1. The monoisotopic (exact) mass is 610 g/mol. The second-order valence-corrected chi connectivity index (χ2v) is 11.6. The minimum atomic E-state index is -1.03. The van der Waals surface area contributed by atoms with E-state index in [2.05, 4.69) is 0 Å². The summed E-state index contributed by atoms with van der Waals surface area (Å²) in [5.74, 6) is -5.18. The fourth-order valence-corrected chi connectivity index (χ4v) is 6.51. The van der Waals surface area contributed by atoms with Crippen molar-refractivity contribution in [3.63, 3.8) is 0 Å². The van der Waals surface area contributed by atoms with Crippen LogP contribution in [0.4, 0.5) is 0 Å². The van der Waals surface area contributed by atoms with E-state index in [1.807, 2.05) is 6.92 Å². The van der Waals surface area contributed by atoms with E-state index in [-0.39, 0.29) is 74.7 Å². The number of carbonyl (C=O) groups excluding carboxylic acids is 2. The topological polar surface area (TPSA) is 185 Å². The lowest BCUT2D eigenvalue weighted by Crippen LogP contribution is -2.31. The Morgan fingerprint density at radius 2 is 1.31 bits per heavy atom. The van der Waals surface area contributed by atoms with Crippen molar-refractivity contribution in [2.45, 2.75) is 37.7 Å². The van der Waals surface area contributed by atoms with Gasteiger partial charge in [0.2, 0.25) is 0 Å². The summed E-state index contributed by atoms with van der Waals surface area (Å²) in [4.78, 5) is 27.3. The molecule has 1 aliphatic carbocycles. The number of carbonyl (C=O) groups is 2. The minimum Gasteiger partial charge on any atom is -0.508 e. The van der Waals surface area contributed by atoms with Crippen LogP contribution >= 0.6 is 0 Å². The molecule has 6 rings (SSSR count). The molecule has 0 aromatic heterocycles. The Hall–Kier alpha value is -5.64. The van der Waals surface area contributed by atoms with Crippen LogP contribution in [0.1, 0.15) is 75.1 Å². The quantitative estimate of drug-likeness (QED) is 0.104. The highest BCUT2D eigenvalue weighted by atomic mass is 16.5. The normalized spacial score (nSPS) is 21.0. The number of hydrogen-bond donors (Lipinski definition) is 7. The third-order valence-electron chi connectivity index (χ3n) is 8.58. The van der Waals surface area contributed by atoms with Crippen molar-refractivity contribution in [3.8, 4) is 46.0 Å². The summed E-state index contributed by atoms with van der Waals surface area (Å²) in [5, 5.41) is 73.4. The number of aromatic hydroxyl groups is 7. The van der Waals surface area contributed by atoms with Crippen LogP contribution in [0.25, 0.3) is 0 Å². The standard InChI is InChI=1S/C35H30O10/c1-16-8-24(20-5-2-17(36)10-27(20)39)34(35(44)22-7-4-18(37)11-28(22)40)25(9-16)23-13-26(30(42)14-29(23)41)33-15-31(43)21-6-3-19(38)12-32(21)45-33/h2-7,9-14,24-25,33-34,36-42H,8,15H2,1H3. The summed E-state index contributed by atoms with van der Waals surface area (Å²) in [6.07, 6.45) is 0.996. The molecule has 7 N–H and O–H groups in total. The molecule has 0 saturated carbocycles. The molecule has 0 amide bonds. The van der Waals surface area contributed by atoms with Gasteiger partial charge in [-0.05, 0) is 55.3 Å². The smallest absolute Gasteiger partial charge is 0.171 e. The molecule has 45 heavy (non-hydrogen) atoms. The second kappa shape index (κ2) is 11.1. The van der Waals surface area contributed by atoms with E-state index < -0.39 is 35.4 Å². The number of ketones is 2. The average molecular weight is 611 g/mol. The van der Waals surface area contributed by atoms with Crippen LogP contribution in [0.2, 0.25) is 0 Å². The number of phenols is 7. The Morgan fingerprint density at radius 1 is 0.689 bits per heavy atom. The van der Waals surface area contributed by atoms with Gasteiger partial charge in [0, 0.05) is 53.1 Å². The van der Waals surface area contributed by atoms with Gasteiger partial charge in [0.1, 0.15) is 52.1 Å². The molecule has 4 aromatic carbocycles. The van der Waals surface area contributed by atoms with Gasteiger partial charge in [0.25, 0.3) is 0 Å². The Labute approximate surface area is 257 Å². The number of benzene rings is 4. The maximum absolute atomic E-state index is 14.3. The van der Waals surface area contributed by atoms with Crippen molar-refractivity contribution in [1.82, 2.24) is 0 Å². The van der Waals surface area contributed by atoms with E-state index in [0.717, 1.165) is 17.7 Å². The molecule has 230 valence electrons. The van der Waals surface area contributed by atoms with Crippen molar-refractivity contribution in [2.75, 3.05) is 0 Å².